The number of carbonyl (C=O) groups excluding carboxylic acids is 2. The van der Waals surface area contributed by atoms with Crippen molar-refractivity contribution in [3.05, 3.63) is 48.0 Å². The third-order valence-electron chi connectivity index (χ3n) is 4.05. The Bertz CT molecular complexity index is 605. The molecule has 0 spiro atoms. The first-order valence-corrected chi connectivity index (χ1v) is 7.66. The van der Waals surface area contributed by atoms with Crippen molar-refractivity contribution >= 4 is 11.8 Å². The number of rotatable bonds is 6. The van der Waals surface area contributed by atoms with Crippen LogP contribution in [-0.4, -0.2) is 24.4 Å². The van der Waals surface area contributed by atoms with E-state index >= 15 is 0 Å². The van der Waals surface area contributed by atoms with Gasteiger partial charge < -0.3 is 10.6 Å². The number of benzene rings is 1. The molecule has 0 bridgehead atoms. The monoisotopic (exact) mass is 340 g/mol. The van der Waals surface area contributed by atoms with Crippen LogP contribution >= 0.6 is 0 Å². The van der Waals surface area contributed by atoms with Gasteiger partial charge in [0.05, 0.1) is 5.56 Å². The number of carbonyl (C=O) groups is 2. The molecule has 0 saturated heterocycles. The Morgan fingerprint density at radius 3 is 2.38 bits per heavy atom. The highest BCUT2D eigenvalue weighted by Crippen LogP contribution is 2.38. The van der Waals surface area contributed by atoms with E-state index in [0.717, 1.165) is 23.8 Å². The smallest absolute Gasteiger partial charge is 0.353 e. The number of halogens is 3. The zero-order valence-electron chi connectivity index (χ0n) is 13.0. The van der Waals surface area contributed by atoms with Crippen LogP contribution in [0.15, 0.2) is 36.9 Å². The molecular weight excluding hydrogens is 321 g/mol. The van der Waals surface area contributed by atoms with Crippen LogP contribution in [0.25, 0.3) is 0 Å². The van der Waals surface area contributed by atoms with Gasteiger partial charge in [-0.3, -0.25) is 9.59 Å². The van der Waals surface area contributed by atoms with Crippen molar-refractivity contribution in [2.45, 2.75) is 37.4 Å². The van der Waals surface area contributed by atoms with Crippen LogP contribution in [0.4, 0.5) is 13.2 Å². The van der Waals surface area contributed by atoms with Gasteiger partial charge in [0.2, 0.25) is 11.8 Å². The molecule has 4 nitrogen and oxygen atoms in total. The topological polar surface area (TPSA) is 58.2 Å². The molecule has 1 saturated carbocycles. The first-order valence-electron chi connectivity index (χ1n) is 7.66. The molecule has 2 rings (SSSR count). The van der Waals surface area contributed by atoms with Gasteiger partial charge in [0.1, 0.15) is 0 Å². The van der Waals surface area contributed by atoms with Crippen LogP contribution in [0.5, 0.6) is 0 Å². The highest BCUT2D eigenvalue weighted by molar-refractivity contribution is 5.87. The maximum absolute atomic E-state index is 12.5. The van der Waals surface area contributed by atoms with Crippen LogP contribution in [0.1, 0.15) is 36.3 Å². The number of nitrogens with one attached hydrogen (secondary N) is 2. The van der Waals surface area contributed by atoms with Crippen molar-refractivity contribution in [1.29, 1.82) is 0 Å². The highest BCUT2D eigenvalue weighted by Gasteiger charge is 2.33. The van der Waals surface area contributed by atoms with Crippen molar-refractivity contribution in [2.24, 2.45) is 0 Å². The summed E-state index contributed by atoms with van der Waals surface area (Å²) in [6.07, 6.45) is -1.60. The largest absolute Gasteiger partial charge is 0.416 e. The van der Waals surface area contributed by atoms with Gasteiger partial charge in [-0.2, -0.15) is 13.2 Å². The maximum atomic E-state index is 12.5. The molecule has 1 aliphatic rings. The third-order valence-corrected chi connectivity index (χ3v) is 4.05. The molecule has 2 amide bonds. The van der Waals surface area contributed by atoms with Crippen LogP contribution < -0.4 is 10.6 Å². The zero-order valence-corrected chi connectivity index (χ0v) is 13.0. The summed E-state index contributed by atoms with van der Waals surface area (Å²) in [6, 6.07) is 5.19. The van der Waals surface area contributed by atoms with Gasteiger partial charge in [-0.25, -0.2) is 0 Å². The summed E-state index contributed by atoms with van der Waals surface area (Å²) < 4.78 is 37.6. The van der Waals surface area contributed by atoms with Crippen molar-refractivity contribution in [2.75, 3.05) is 6.54 Å². The van der Waals surface area contributed by atoms with E-state index in [4.69, 9.17) is 0 Å². The Hall–Kier alpha value is -2.31. The Labute approximate surface area is 138 Å². The third kappa shape index (κ3) is 4.84. The second kappa shape index (κ2) is 7.51. The Kier molecular flexibility index (Phi) is 5.64. The van der Waals surface area contributed by atoms with Crippen molar-refractivity contribution in [1.82, 2.24) is 10.6 Å². The highest BCUT2D eigenvalue weighted by atomic mass is 19.4. The fourth-order valence-corrected chi connectivity index (χ4v) is 2.62. The summed E-state index contributed by atoms with van der Waals surface area (Å²) in [6.45, 7) is 3.55. The molecule has 7 heteroatoms. The molecule has 0 aromatic heterocycles. The first-order chi connectivity index (χ1) is 11.3. The number of amides is 2. The van der Waals surface area contributed by atoms with E-state index in [0.29, 0.717) is 12.8 Å². The van der Waals surface area contributed by atoms with E-state index in [1.807, 2.05) is 0 Å². The molecule has 130 valence electrons. The summed E-state index contributed by atoms with van der Waals surface area (Å²) in [5.74, 6) is -0.318. The van der Waals surface area contributed by atoms with Gasteiger partial charge in [0.25, 0.3) is 0 Å². The van der Waals surface area contributed by atoms with Crippen molar-refractivity contribution in [3.8, 4) is 0 Å². The standard InChI is InChI=1S/C17H19F3N2O2/c1-2-15(23)21-8-7-16(24)22-14-9-12(10-14)11-3-5-13(6-4-11)17(18,19)20/h2-6,12,14H,1,7-10H2,(H,21,23)(H,22,24). The molecule has 0 radical (unpaired) electrons. The fraction of sp³-hybridized carbons (Fsp3) is 0.412. The maximum Gasteiger partial charge on any atom is 0.416 e. The van der Waals surface area contributed by atoms with Crippen LogP contribution in [0.3, 0.4) is 0 Å². The Morgan fingerprint density at radius 1 is 1.21 bits per heavy atom. The van der Waals surface area contributed by atoms with Gasteiger partial charge in [0.15, 0.2) is 0 Å². The molecule has 24 heavy (non-hydrogen) atoms. The number of hydrogen-bond donors (Lipinski definition) is 2. The summed E-state index contributed by atoms with van der Waals surface area (Å²) in [5.41, 5.74) is 0.198. The second-order valence-electron chi connectivity index (χ2n) is 5.80. The predicted molar refractivity (Wildman–Crippen MR) is 83.2 cm³/mol. The molecule has 1 aromatic rings. The number of alkyl halides is 3. The van der Waals surface area contributed by atoms with E-state index < -0.39 is 11.7 Å². The van der Waals surface area contributed by atoms with Gasteiger partial charge >= 0.3 is 6.18 Å². The summed E-state index contributed by atoms with van der Waals surface area (Å²) in [7, 11) is 0. The Morgan fingerprint density at radius 2 is 1.83 bits per heavy atom. The SMILES string of the molecule is C=CC(=O)NCCC(=O)NC1CC(c2ccc(C(F)(F)F)cc2)C1. The molecule has 0 unspecified atom stereocenters. The second-order valence-corrected chi connectivity index (χ2v) is 5.80. The van der Waals surface area contributed by atoms with E-state index in [-0.39, 0.29) is 36.7 Å². The van der Waals surface area contributed by atoms with Gasteiger partial charge in [-0.15, -0.1) is 0 Å². The molecular formula is C17H19F3N2O2. The quantitative estimate of drug-likeness (QED) is 0.783. The molecule has 2 N–H and O–H groups in total. The van der Waals surface area contributed by atoms with Crippen molar-refractivity contribution in [3.63, 3.8) is 0 Å². The minimum atomic E-state index is -4.32. The lowest BCUT2D eigenvalue weighted by Gasteiger charge is -2.36. The molecule has 0 aliphatic heterocycles. The Balaban J connectivity index is 1.72. The molecule has 1 aromatic carbocycles. The average Bonchev–Trinajstić information content (AvgIpc) is 2.49. The summed E-state index contributed by atoms with van der Waals surface area (Å²) >= 11 is 0. The van der Waals surface area contributed by atoms with Crippen LogP contribution in [0.2, 0.25) is 0 Å². The minimum Gasteiger partial charge on any atom is -0.353 e. The molecule has 1 aliphatic carbocycles. The summed E-state index contributed by atoms with van der Waals surface area (Å²) in [5, 5.41) is 5.36. The van der Waals surface area contributed by atoms with Crippen molar-refractivity contribution < 1.29 is 22.8 Å². The number of hydrogen-bond acceptors (Lipinski definition) is 2. The van der Waals surface area contributed by atoms with E-state index in [9.17, 15) is 22.8 Å². The predicted octanol–water partition coefficient (Wildman–Crippen LogP) is 2.76. The average molecular weight is 340 g/mol. The summed E-state index contributed by atoms with van der Waals surface area (Å²) in [4.78, 5) is 22.6. The zero-order chi connectivity index (χ0) is 17.7. The fourth-order valence-electron chi connectivity index (χ4n) is 2.62. The molecule has 0 heterocycles. The molecule has 0 atom stereocenters. The van der Waals surface area contributed by atoms with E-state index in [1.165, 1.54) is 12.1 Å². The van der Waals surface area contributed by atoms with E-state index in [2.05, 4.69) is 17.2 Å². The van der Waals surface area contributed by atoms with Gasteiger partial charge in [-0.1, -0.05) is 18.7 Å². The molecule has 1 fully saturated rings. The van der Waals surface area contributed by atoms with Crippen LogP contribution in [0, 0.1) is 0 Å². The van der Waals surface area contributed by atoms with E-state index in [1.54, 1.807) is 0 Å². The minimum absolute atomic E-state index is 0.0277. The van der Waals surface area contributed by atoms with Gasteiger partial charge in [-0.05, 0) is 42.5 Å². The van der Waals surface area contributed by atoms with Gasteiger partial charge in [0, 0.05) is 19.0 Å². The lowest BCUT2D eigenvalue weighted by atomic mass is 9.75. The lowest BCUT2D eigenvalue weighted by molar-refractivity contribution is -0.137. The normalized spacial score (nSPS) is 20.0. The van der Waals surface area contributed by atoms with Crippen LogP contribution in [-0.2, 0) is 15.8 Å². The lowest BCUT2D eigenvalue weighted by Crippen LogP contribution is -2.44. The first kappa shape index (κ1) is 18.0.